The monoisotopic (exact) mass is 573 g/mol. The molecule has 13 heteroatoms. The van der Waals surface area contributed by atoms with E-state index < -0.39 is 23.9 Å². The SMILES string of the molecule is O=C([O-])CCN1CCN(CC(=O)[O-])CCN(CC(=O)O)CCN(CC(=O)[O-])CC1.[Gd+3]. The van der Waals surface area contributed by atoms with Gasteiger partial charge in [0.2, 0.25) is 0 Å². The molecule has 30 heavy (non-hydrogen) atoms. The molecule has 0 spiro atoms. The molecule has 1 saturated heterocycles. The van der Waals surface area contributed by atoms with Crippen molar-refractivity contribution >= 4 is 23.9 Å². The van der Waals surface area contributed by atoms with Crippen LogP contribution in [0.4, 0.5) is 0 Å². The van der Waals surface area contributed by atoms with Gasteiger partial charge in [0.25, 0.3) is 0 Å². The molecule has 0 saturated carbocycles. The Kier molecular flexibility index (Phi) is 15.3. The Morgan fingerprint density at radius 1 is 0.600 bits per heavy atom. The van der Waals surface area contributed by atoms with Crippen LogP contribution in [0.5, 0.6) is 0 Å². The van der Waals surface area contributed by atoms with Crippen LogP contribution >= 0.6 is 0 Å². The molecule has 1 N–H and O–H groups in total. The maximum atomic E-state index is 11.1. The van der Waals surface area contributed by atoms with E-state index >= 15 is 0 Å². The maximum Gasteiger partial charge on any atom is 3.00 e. The minimum absolute atomic E-state index is 0. The standard InChI is InChI=1S/C17H30N4O8.Gd/c22-14(23)1-2-18-3-5-19(11-15(24)25)7-9-21(13-17(28)29)10-8-20(6-4-18)12-16(26)27;/h1-13H2,(H,22,23)(H,24,25)(H,26,27)(H,28,29);/q;+3/p-3. The van der Waals surface area contributed by atoms with Crippen LogP contribution < -0.4 is 15.3 Å². The van der Waals surface area contributed by atoms with Gasteiger partial charge in [-0.1, -0.05) is 0 Å². The molecule has 0 amide bonds. The van der Waals surface area contributed by atoms with Crippen molar-refractivity contribution in [1.82, 2.24) is 19.6 Å². The summed E-state index contributed by atoms with van der Waals surface area (Å²) in [5.41, 5.74) is 0. The van der Waals surface area contributed by atoms with Gasteiger partial charge in [-0.25, -0.2) is 0 Å². The van der Waals surface area contributed by atoms with E-state index in [1.807, 2.05) is 0 Å². The van der Waals surface area contributed by atoms with Gasteiger partial charge in [-0.2, -0.15) is 0 Å². The van der Waals surface area contributed by atoms with Gasteiger partial charge in [-0.05, 0) is 6.42 Å². The second-order valence-corrected chi connectivity index (χ2v) is 6.93. The summed E-state index contributed by atoms with van der Waals surface area (Å²) in [5.74, 6) is -4.77. The van der Waals surface area contributed by atoms with E-state index in [1.54, 1.807) is 19.6 Å². The number of aliphatic carboxylic acids is 4. The maximum absolute atomic E-state index is 11.1. The molecule has 0 aromatic rings. The van der Waals surface area contributed by atoms with Crippen LogP contribution in [0.3, 0.4) is 0 Å². The summed E-state index contributed by atoms with van der Waals surface area (Å²) < 4.78 is 0. The van der Waals surface area contributed by atoms with Crippen LogP contribution in [-0.2, 0) is 19.2 Å². The molecule has 0 bridgehead atoms. The van der Waals surface area contributed by atoms with Gasteiger partial charge < -0.3 is 39.7 Å². The van der Waals surface area contributed by atoms with Crippen LogP contribution in [0.2, 0.25) is 0 Å². The molecule has 1 aliphatic heterocycles. The molecule has 0 aromatic carbocycles. The number of carboxylic acids is 4. The Hall–Kier alpha value is -0.955. The summed E-state index contributed by atoms with van der Waals surface area (Å²) in [4.78, 5) is 50.5. The van der Waals surface area contributed by atoms with E-state index in [4.69, 9.17) is 5.11 Å². The molecule has 1 radical (unpaired) electrons. The van der Waals surface area contributed by atoms with E-state index in [0.29, 0.717) is 26.2 Å². The molecule has 0 aliphatic carbocycles. The van der Waals surface area contributed by atoms with Gasteiger partial charge in [0.15, 0.2) is 0 Å². The first kappa shape index (κ1) is 29.0. The Labute approximate surface area is 207 Å². The fourth-order valence-electron chi connectivity index (χ4n) is 3.08. The molecule has 0 aromatic heterocycles. The average molecular weight is 573 g/mol. The third-order valence-corrected chi connectivity index (χ3v) is 4.63. The van der Waals surface area contributed by atoms with Crippen LogP contribution in [0.15, 0.2) is 0 Å². The van der Waals surface area contributed by atoms with Crippen LogP contribution in [0.25, 0.3) is 0 Å². The minimum atomic E-state index is -1.26. The summed E-state index contributed by atoms with van der Waals surface area (Å²) in [5, 5.41) is 41.9. The van der Waals surface area contributed by atoms with E-state index in [9.17, 15) is 34.5 Å². The summed E-state index contributed by atoms with van der Waals surface area (Å²) in [6, 6.07) is 0. The molecule has 0 unspecified atom stereocenters. The number of rotatable bonds is 9. The predicted octanol–water partition coefficient (Wildman–Crippen LogP) is -6.07. The van der Waals surface area contributed by atoms with Crippen molar-refractivity contribution in [3.8, 4) is 0 Å². The number of carbonyl (C=O) groups is 4. The van der Waals surface area contributed by atoms with Gasteiger partial charge in [0.05, 0.1) is 18.5 Å². The van der Waals surface area contributed by atoms with Gasteiger partial charge in [-0.3, -0.25) is 19.5 Å². The molecular formula is C17H27GdN4O8. The molecule has 1 heterocycles. The number of hydrogen-bond acceptors (Lipinski definition) is 11. The molecular weight excluding hydrogens is 545 g/mol. The Morgan fingerprint density at radius 2 is 0.933 bits per heavy atom. The van der Waals surface area contributed by atoms with Gasteiger partial charge in [-0.15, -0.1) is 0 Å². The zero-order valence-corrected chi connectivity index (χ0v) is 18.9. The summed E-state index contributed by atoms with van der Waals surface area (Å²) in [6.45, 7) is 1.71. The molecule has 1 aliphatic rings. The van der Waals surface area contributed by atoms with Crippen molar-refractivity contribution in [2.24, 2.45) is 0 Å². The Bertz CT molecular complexity index is 548. The average Bonchev–Trinajstić information content (AvgIpc) is 2.59. The van der Waals surface area contributed by atoms with E-state index in [1.165, 1.54) is 0 Å². The molecule has 0 atom stereocenters. The smallest absolute Gasteiger partial charge is 0.550 e. The van der Waals surface area contributed by atoms with Crippen molar-refractivity contribution in [3.05, 3.63) is 0 Å². The zero-order chi connectivity index (χ0) is 21.8. The zero-order valence-electron chi connectivity index (χ0n) is 16.6. The van der Waals surface area contributed by atoms with Gasteiger partial charge in [0.1, 0.15) is 0 Å². The van der Waals surface area contributed by atoms with Gasteiger partial charge >= 0.3 is 45.9 Å². The number of nitrogens with zero attached hydrogens (tertiary/aromatic N) is 4. The number of hydrogen-bond donors (Lipinski definition) is 1. The molecule has 1 rings (SSSR count). The fraction of sp³-hybridized carbons (Fsp3) is 0.765. The largest absolute Gasteiger partial charge is 3.00 e. The molecule has 1 fully saturated rings. The predicted molar refractivity (Wildman–Crippen MR) is 93.0 cm³/mol. The number of carboxylic acid groups (broad SMARTS) is 4. The van der Waals surface area contributed by atoms with Crippen LogP contribution in [-0.4, -0.2) is 127 Å². The first-order valence-corrected chi connectivity index (χ1v) is 9.36. The Balaban J connectivity index is 0.00000841. The third-order valence-electron chi connectivity index (χ3n) is 4.63. The topological polar surface area (TPSA) is 171 Å². The second kappa shape index (κ2) is 15.8. The van der Waals surface area contributed by atoms with E-state index in [0.717, 1.165) is 0 Å². The Morgan fingerprint density at radius 3 is 1.23 bits per heavy atom. The van der Waals surface area contributed by atoms with Crippen molar-refractivity contribution in [1.29, 1.82) is 0 Å². The van der Waals surface area contributed by atoms with Gasteiger partial charge in [0, 0.05) is 78.0 Å². The van der Waals surface area contributed by atoms with E-state index in [-0.39, 0.29) is 98.7 Å². The van der Waals surface area contributed by atoms with Crippen molar-refractivity contribution in [2.75, 3.05) is 78.5 Å². The van der Waals surface area contributed by atoms with E-state index in [2.05, 4.69) is 0 Å². The summed E-state index contributed by atoms with van der Waals surface area (Å²) >= 11 is 0. The number of carbonyl (C=O) groups excluding carboxylic acids is 3. The van der Waals surface area contributed by atoms with Crippen molar-refractivity contribution < 1.29 is 79.5 Å². The minimum Gasteiger partial charge on any atom is -0.550 e. The quantitative estimate of drug-likeness (QED) is 0.278. The normalized spacial score (nSPS) is 18.5. The molecule has 171 valence electrons. The first-order valence-electron chi connectivity index (χ1n) is 9.36. The van der Waals surface area contributed by atoms with Crippen LogP contribution in [0, 0.1) is 39.9 Å². The van der Waals surface area contributed by atoms with Crippen LogP contribution in [0.1, 0.15) is 6.42 Å². The summed E-state index contributed by atoms with van der Waals surface area (Å²) in [6.07, 6.45) is -0.201. The molecule has 12 nitrogen and oxygen atoms in total. The third kappa shape index (κ3) is 14.1. The van der Waals surface area contributed by atoms with Crippen molar-refractivity contribution in [2.45, 2.75) is 6.42 Å². The summed E-state index contributed by atoms with van der Waals surface area (Å²) in [7, 11) is 0. The first-order chi connectivity index (χ1) is 13.7. The second-order valence-electron chi connectivity index (χ2n) is 6.93. The van der Waals surface area contributed by atoms with Crippen molar-refractivity contribution in [3.63, 3.8) is 0 Å². The fourth-order valence-corrected chi connectivity index (χ4v) is 3.08.